The van der Waals surface area contributed by atoms with Crippen molar-refractivity contribution in [2.24, 2.45) is 0 Å². The van der Waals surface area contributed by atoms with Crippen LogP contribution in [-0.4, -0.2) is 33.7 Å². The van der Waals surface area contributed by atoms with E-state index >= 15 is 0 Å². The van der Waals surface area contributed by atoms with E-state index in [1.165, 1.54) is 0 Å². The highest BCUT2D eigenvalue weighted by molar-refractivity contribution is 6.01. The van der Waals surface area contributed by atoms with E-state index < -0.39 is 0 Å². The summed E-state index contributed by atoms with van der Waals surface area (Å²) in [6, 6.07) is 14.5. The molecule has 6 heteroatoms. The van der Waals surface area contributed by atoms with Gasteiger partial charge in [-0.15, -0.1) is 5.10 Å². The Morgan fingerprint density at radius 1 is 1.13 bits per heavy atom. The maximum absolute atomic E-state index is 12.1. The first-order chi connectivity index (χ1) is 11.3. The standard InChI is InChI=1S/C17H16N4O2/c22-12-13-6-1-2-7-14(13)17(23)18-10-5-11-21-16-9-4-3-8-15(16)19-20-21/h1-4,6-9,12H,5,10-11H2,(H,18,23). The summed E-state index contributed by atoms with van der Waals surface area (Å²) in [7, 11) is 0. The quantitative estimate of drug-likeness (QED) is 0.558. The molecule has 0 saturated carbocycles. The van der Waals surface area contributed by atoms with Gasteiger partial charge in [0.15, 0.2) is 6.29 Å². The lowest BCUT2D eigenvalue weighted by Crippen LogP contribution is -2.26. The Kier molecular flexibility index (Phi) is 4.42. The molecule has 0 saturated heterocycles. The van der Waals surface area contributed by atoms with Crippen molar-refractivity contribution in [1.82, 2.24) is 20.3 Å². The zero-order valence-electron chi connectivity index (χ0n) is 12.5. The number of aldehydes is 1. The Labute approximate surface area is 133 Å². The maximum atomic E-state index is 12.1. The zero-order valence-corrected chi connectivity index (χ0v) is 12.5. The van der Waals surface area contributed by atoms with Gasteiger partial charge in [0.2, 0.25) is 0 Å². The van der Waals surface area contributed by atoms with Gasteiger partial charge in [0.1, 0.15) is 5.52 Å². The van der Waals surface area contributed by atoms with E-state index in [2.05, 4.69) is 15.6 Å². The molecule has 23 heavy (non-hydrogen) atoms. The van der Waals surface area contributed by atoms with Crippen LogP contribution in [0.2, 0.25) is 0 Å². The fourth-order valence-corrected chi connectivity index (χ4v) is 2.42. The van der Waals surface area contributed by atoms with Gasteiger partial charge in [-0.3, -0.25) is 9.59 Å². The monoisotopic (exact) mass is 308 g/mol. The fraction of sp³-hybridized carbons (Fsp3) is 0.176. The van der Waals surface area contributed by atoms with Gasteiger partial charge in [-0.1, -0.05) is 35.5 Å². The molecule has 3 aromatic rings. The summed E-state index contributed by atoms with van der Waals surface area (Å²) in [6.07, 6.45) is 1.42. The second kappa shape index (κ2) is 6.83. The van der Waals surface area contributed by atoms with Gasteiger partial charge < -0.3 is 5.32 Å². The van der Waals surface area contributed by atoms with Crippen LogP contribution in [0.25, 0.3) is 11.0 Å². The molecular formula is C17H16N4O2. The summed E-state index contributed by atoms with van der Waals surface area (Å²) >= 11 is 0. The number of hydrogen-bond donors (Lipinski definition) is 1. The molecule has 0 radical (unpaired) electrons. The highest BCUT2D eigenvalue weighted by Gasteiger charge is 2.09. The van der Waals surface area contributed by atoms with Crippen LogP contribution in [0.1, 0.15) is 27.1 Å². The van der Waals surface area contributed by atoms with Crippen LogP contribution >= 0.6 is 0 Å². The van der Waals surface area contributed by atoms with E-state index in [0.29, 0.717) is 30.5 Å². The molecule has 0 spiro atoms. The summed E-state index contributed by atoms with van der Waals surface area (Å²) in [6.45, 7) is 1.16. The highest BCUT2D eigenvalue weighted by Crippen LogP contribution is 2.10. The van der Waals surface area contributed by atoms with Crippen LogP contribution in [0.3, 0.4) is 0 Å². The summed E-state index contributed by atoms with van der Waals surface area (Å²) in [5, 5.41) is 11.0. The molecule has 0 aliphatic heterocycles. The lowest BCUT2D eigenvalue weighted by Gasteiger charge is -2.07. The molecular weight excluding hydrogens is 292 g/mol. The third kappa shape index (κ3) is 3.26. The van der Waals surface area contributed by atoms with Gasteiger partial charge in [-0.25, -0.2) is 4.68 Å². The minimum absolute atomic E-state index is 0.240. The average molecular weight is 308 g/mol. The molecule has 116 valence electrons. The van der Waals surface area contributed by atoms with Crippen molar-refractivity contribution in [3.8, 4) is 0 Å². The molecule has 0 unspecified atom stereocenters. The minimum atomic E-state index is -0.240. The lowest BCUT2D eigenvalue weighted by molar-refractivity contribution is 0.0947. The number of rotatable bonds is 6. The molecule has 0 aliphatic carbocycles. The number of carbonyl (C=O) groups excluding carboxylic acids is 2. The third-order valence-corrected chi connectivity index (χ3v) is 3.58. The first kappa shape index (κ1) is 14.9. The van der Waals surface area contributed by atoms with E-state index in [-0.39, 0.29) is 5.91 Å². The number of carbonyl (C=O) groups is 2. The molecule has 1 N–H and O–H groups in total. The predicted octanol–water partition coefficient (Wildman–Crippen LogP) is 2.06. The number of hydrogen-bond acceptors (Lipinski definition) is 4. The van der Waals surface area contributed by atoms with E-state index in [1.54, 1.807) is 24.3 Å². The Balaban J connectivity index is 1.55. The van der Waals surface area contributed by atoms with Crippen molar-refractivity contribution in [1.29, 1.82) is 0 Å². The fourth-order valence-electron chi connectivity index (χ4n) is 2.42. The Morgan fingerprint density at radius 2 is 1.91 bits per heavy atom. The van der Waals surface area contributed by atoms with Crippen molar-refractivity contribution in [3.63, 3.8) is 0 Å². The van der Waals surface area contributed by atoms with Gasteiger partial charge in [0.05, 0.1) is 5.52 Å². The highest BCUT2D eigenvalue weighted by atomic mass is 16.1. The average Bonchev–Trinajstić information content (AvgIpc) is 3.01. The maximum Gasteiger partial charge on any atom is 0.252 e. The Bertz CT molecular complexity index is 841. The number of nitrogens with one attached hydrogen (secondary N) is 1. The largest absolute Gasteiger partial charge is 0.352 e. The first-order valence-corrected chi connectivity index (χ1v) is 7.40. The topological polar surface area (TPSA) is 76.9 Å². The summed E-state index contributed by atoms with van der Waals surface area (Å²) in [4.78, 5) is 23.0. The van der Waals surface area contributed by atoms with Crippen LogP contribution in [0, 0.1) is 0 Å². The number of aryl methyl sites for hydroxylation is 1. The van der Waals surface area contributed by atoms with Crippen LogP contribution < -0.4 is 5.32 Å². The number of benzene rings is 2. The van der Waals surface area contributed by atoms with Crippen molar-refractivity contribution in [3.05, 3.63) is 59.7 Å². The van der Waals surface area contributed by atoms with Crippen LogP contribution in [0.15, 0.2) is 48.5 Å². The normalized spacial score (nSPS) is 10.6. The Hall–Kier alpha value is -3.02. The van der Waals surface area contributed by atoms with Gasteiger partial charge >= 0.3 is 0 Å². The summed E-state index contributed by atoms with van der Waals surface area (Å²) in [5.41, 5.74) is 2.63. The van der Waals surface area contributed by atoms with Gasteiger partial charge in [0, 0.05) is 24.2 Å². The van der Waals surface area contributed by atoms with Gasteiger partial charge in [-0.05, 0) is 24.6 Å². The number of aromatic nitrogens is 3. The van der Waals surface area contributed by atoms with E-state index in [1.807, 2.05) is 28.9 Å². The van der Waals surface area contributed by atoms with Crippen molar-refractivity contribution < 1.29 is 9.59 Å². The van der Waals surface area contributed by atoms with Crippen LogP contribution in [0.5, 0.6) is 0 Å². The van der Waals surface area contributed by atoms with Gasteiger partial charge in [-0.2, -0.15) is 0 Å². The van der Waals surface area contributed by atoms with Crippen molar-refractivity contribution in [2.75, 3.05) is 6.54 Å². The lowest BCUT2D eigenvalue weighted by atomic mass is 10.1. The summed E-state index contributed by atoms with van der Waals surface area (Å²) < 4.78 is 1.82. The summed E-state index contributed by atoms with van der Waals surface area (Å²) in [5.74, 6) is -0.240. The molecule has 1 heterocycles. The Morgan fingerprint density at radius 3 is 2.78 bits per heavy atom. The molecule has 3 rings (SSSR count). The molecule has 0 bridgehead atoms. The van der Waals surface area contributed by atoms with E-state index in [4.69, 9.17) is 0 Å². The molecule has 0 fully saturated rings. The third-order valence-electron chi connectivity index (χ3n) is 3.58. The first-order valence-electron chi connectivity index (χ1n) is 7.40. The van der Waals surface area contributed by atoms with Gasteiger partial charge in [0.25, 0.3) is 5.91 Å². The van der Waals surface area contributed by atoms with E-state index in [0.717, 1.165) is 17.5 Å². The number of amides is 1. The predicted molar refractivity (Wildman–Crippen MR) is 86.3 cm³/mol. The molecule has 2 aromatic carbocycles. The number of para-hydroxylation sites is 1. The zero-order chi connectivity index (χ0) is 16.1. The SMILES string of the molecule is O=Cc1ccccc1C(=O)NCCCn1nnc2ccccc21. The molecule has 1 amide bonds. The smallest absolute Gasteiger partial charge is 0.252 e. The molecule has 0 atom stereocenters. The molecule has 1 aromatic heterocycles. The second-order valence-corrected chi connectivity index (χ2v) is 5.12. The van der Waals surface area contributed by atoms with Crippen molar-refractivity contribution >= 4 is 23.2 Å². The number of nitrogens with zero attached hydrogens (tertiary/aromatic N) is 3. The molecule has 0 aliphatic rings. The number of fused-ring (bicyclic) bond motifs is 1. The second-order valence-electron chi connectivity index (χ2n) is 5.12. The molecule has 6 nitrogen and oxygen atoms in total. The minimum Gasteiger partial charge on any atom is -0.352 e. The van der Waals surface area contributed by atoms with Crippen LogP contribution in [0.4, 0.5) is 0 Å². The van der Waals surface area contributed by atoms with Crippen LogP contribution in [-0.2, 0) is 6.54 Å². The van der Waals surface area contributed by atoms with E-state index in [9.17, 15) is 9.59 Å². The van der Waals surface area contributed by atoms with Crippen molar-refractivity contribution in [2.45, 2.75) is 13.0 Å².